The van der Waals surface area contributed by atoms with E-state index in [1.807, 2.05) is 10.9 Å². The molecule has 1 aliphatic rings. The van der Waals surface area contributed by atoms with Gasteiger partial charge in [0.15, 0.2) is 0 Å². The summed E-state index contributed by atoms with van der Waals surface area (Å²) in [6, 6.07) is 2.45. The maximum atomic E-state index is 10.9. The Morgan fingerprint density at radius 3 is 2.89 bits per heavy atom. The fourth-order valence-corrected chi connectivity index (χ4v) is 3.18. The van der Waals surface area contributed by atoms with Crippen LogP contribution in [-0.4, -0.2) is 20.5 Å². The van der Waals surface area contributed by atoms with Crippen molar-refractivity contribution in [2.45, 2.75) is 70.9 Å². The Kier molecular flexibility index (Phi) is 4.10. The van der Waals surface area contributed by atoms with Gasteiger partial charge in [0.05, 0.1) is 11.3 Å². The third kappa shape index (κ3) is 2.77. The molecule has 1 heterocycles. The van der Waals surface area contributed by atoms with Gasteiger partial charge in [0.2, 0.25) is 0 Å². The van der Waals surface area contributed by atoms with Gasteiger partial charge in [-0.25, -0.2) is 0 Å². The first-order chi connectivity index (χ1) is 8.55. The van der Waals surface area contributed by atoms with Crippen LogP contribution in [-0.2, 0) is 6.42 Å². The largest absolute Gasteiger partial charge is 0.389 e. The molecule has 0 bridgehead atoms. The van der Waals surface area contributed by atoms with Gasteiger partial charge in [-0.15, -0.1) is 0 Å². The lowest BCUT2D eigenvalue weighted by molar-refractivity contribution is -0.0499. The second-order valence-electron chi connectivity index (χ2n) is 6.01. The van der Waals surface area contributed by atoms with Gasteiger partial charge in [0, 0.05) is 18.7 Å². The van der Waals surface area contributed by atoms with E-state index in [1.54, 1.807) is 0 Å². The summed E-state index contributed by atoms with van der Waals surface area (Å²) in [5.74, 6) is 0.440. The number of hydrogen-bond donors (Lipinski definition) is 1. The molecule has 102 valence electrons. The Balaban J connectivity index is 2.10. The molecular formula is C15H26N2O. The summed E-state index contributed by atoms with van der Waals surface area (Å²) in [5, 5.41) is 15.5. The topological polar surface area (TPSA) is 38.0 Å². The second kappa shape index (κ2) is 5.43. The molecule has 0 amide bonds. The highest BCUT2D eigenvalue weighted by atomic mass is 16.3. The zero-order valence-corrected chi connectivity index (χ0v) is 11.9. The van der Waals surface area contributed by atoms with Crippen LogP contribution in [0.15, 0.2) is 12.3 Å². The van der Waals surface area contributed by atoms with E-state index in [1.165, 1.54) is 6.42 Å². The van der Waals surface area contributed by atoms with E-state index in [0.717, 1.165) is 31.4 Å². The Hall–Kier alpha value is -0.830. The van der Waals surface area contributed by atoms with Crippen LogP contribution in [0.4, 0.5) is 0 Å². The molecule has 1 aliphatic carbocycles. The van der Waals surface area contributed by atoms with Crippen molar-refractivity contribution in [2.75, 3.05) is 0 Å². The molecule has 0 aliphatic heterocycles. The number of rotatable bonds is 4. The lowest BCUT2D eigenvalue weighted by Gasteiger charge is -2.39. The number of aromatic nitrogens is 2. The van der Waals surface area contributed by atoms with Crippen molar-refractivity contribution in [2.24, 2.45) is 5.92 Å². The Bertz CT molecular complexity index is 386. The highest BCUT2D eigenvalue weighted by Gasteiger charge is 2.38. The molecule has 0 aromatic carbocycles. The average Bonchev–Trinajstić information content (AvgIpc) is 2.77. The van der Waals surface area contributed by atoms with Gasteiger partial charge in [-0.1, -0.05) is 26.2 Å². The van der Waals surface area contributed by atoms with Gasteiger partial charge in [-0.2, -0.15) is 5.10 Å². The standard InChI is InChI=1S/C15H26N2O/c1-4-13-7-5-6-9-15(13,18)11-14-8-10-17(16-14)12(2)3/h8,10,12-13,18H,4-7,9,11H2,1-3H3. The zero-order valence-electron chi connectivity index (χ0n) is 11.9. The predicted octanol–water partition coefficient (Wildman–Crippen LogP) is 3.34. The summed E-state index contributed by atoms with van der Waals surface area (Å²) in [7, 11) is 0. The van der Waals surface area contributed by atoms with Gasteiger partial charge < -0.3 is 5.11 Å². The van der Waals surface area contributed by atoms with Crippen molar-refractivity contribution >= 4 is 0 Å². The summed E-state index contributed by atoms with van der Waals surface area (Å²) in [6.45, 7) is 6.44. The minimum Gasteiger partial charge on any atom is -0.389 e. The highest BCUT2D eigenvalue weighted by molar-refractivity contribution is 5.06. The average molecular weight is 250 g/mol. The van der Waals surface area contributed by atoms with Crippen molar-refractivity contribution in [3.8, 4) is 0 Å². The van der Waals surface area contributed by atoms with Crippen LogP contribution in [0, 0.1) is 5.92 Å². The van der Waals surface area contributed by atoms with Crippen LogP contribution < -0.4 is 0 Å². The molecule has 1 aromatic heterocycles. The lowest BCUT2D eigenvalue weighted by atomic mass is 9.72. The maximum absolute atomic E-state index is 10.9. The molecule has 1 fully saturated rings. The first-order valence-electron chi connectivity index (χ1n) is 7.31. The summed E-state index contributed by atoms with van der Waals surface area (Å²) >= 11 is 0. The van der Waals surface area contributed by atoms with Crippen molar-refractivity contribution in [1.82, 2.24) is 9.78 Å². The van der Waals surface area contributed by atoms with Crippen LogP contribution in [0.2, 0.25) is 0 Å². The van der Waals surface area contributed by atoms with Gasteiger partial charge in [0.25, 0.3) is 0 Å². The quantitative estimate of drug-likeness (QED) is 0.890. The van der Waals surface area contributed by atoms with Gasteiger partial charge in [0.1, 0.15) is 0 Å². The van der Waals surface area contributed by atoms with E-state index in [-0.39, 0.29) is 0 Å². The highest BCUT2D eigenvalue weighted by Crippen LogP contribution is 2.38. The molecule has 3 nitrogen and oxygen atoms in total. The SMILES string of the molecule is CCC1CCCCC1(O)Cc1ccn(C(C)C)n1. The molecular weight excluding hydrogens is 224 g/mol. The van der Waals surface area contributed by atoms with Crippen LogP contribution in [0.1, 0.15) is 64.6 Å². The summed E-state index contributed by atoms with van der Waals surface area (Å²) in [6.07, 6.45) is 8.32. The van der Waals surface area contributed by atoms with Crippen LogP contribution in [0.25, 0.3) is 0 Å². The third-order valence-electron chi connectivity index (χ3n) is 4.34. The summed E-state index contributed by atoms with van der Waals surface area (Å²) < 4.78 is 1.97. The van der Waals surface area contributed by atoms with E-state index >= 15 is 0 Å². The van der Waals surface area contributed by atoms with Crippen LogP contribution >= 0.6 is 0 Å². The molecule has 1 saturated carbocycles. The predicted molar refractivity (Wildman–Crippen MR) is 73.5 cm³/mol. The van der Waals surface area contributed by atoms with Crippen molar-refractivity contribution in [1.29, 1.82) is 0 Å². The normalized spacial score (nSPS) is 28.8. The number of aliphatic hydroxyl groups is 1. The van der Waals surface area contributed by atoms with Gasteiger partial charge in [-0.3, -0.25) is 4.68 Å². The van der Waals surface area contributed by atoms with E-state index in [0.29, 0.717) is 18.4 Å². The van der Waals surface area contributed by atoms with Crippen molar-refractivity contribution < 1.29 is 5.11 Å². The molecule has 0 radical (unpaired) electrons. The summed E-state index contributed by atoms with van der Waals surface area (Å²) in [5.41, 5.74) is 0.509. The van der Waals surface area contributed by atoms with E-state index in [4.69, 9.17) is 0 Å². The summed E-state index contributed by atoms with van der Waals surface area (Å²) in [4.78, 5) is 0. The molecule has 2 unspecified atom stereocenters. The Morgan fingerprint density at radius 2 is 2.28 bits per heavy atom. The first kappa shape index (κ1) is 13.6. The molecule has 0 saturated heterocycles. The maximum Gasteiger partial charge on any atom is 0.0731 e. The molecule has 18 heavy (non-hydrogen) atoms. The first-order valence-corrected chi connectivity index (χ1v) is 7.31. The minimum absolute atomic E-state index is 0.390. The Labute approximate surface area is 110 Å². The molecule has 2 rings (SSSR count). The fraction of sp³-hybridized carbons (Fsp3) is 0.800. The number of hydrogen-bond acceptors (Lipinski definition) is 2. The smallest absolute Gasteiger partial charge is 0.0731 e. The van der Waals surface area contributed by atoms with Crippen molar-refractivity contribution in [3.05, 3.63) is 18.0 Å². The Morgan fingerprint density at radius 1 is 1.50 bits per heavy atom. The van der Waals surface area contributed by atoms with Gasteiger partial charge >= 0.3 is 0 Å². The van der Waals surface area contributed by atoms with E-state index < -0.39 is 5.60 Å². The second-order valence-corrected chi connectivity index (χ2v) is 6.01. The lowest BCUT2D eigenvalue weighted by Crippen LogP contribution is -2.42. The third-order valence-corrected chi connectivity index (χ3v) is 4.34. The molecule has 3 heteroatoms. The van der Waals surface area contributed by atoms with E-state index in [2.05, 4.69) is 31.9 Å². The monoisotopic (exact) mass is 250 g/mol. The fourth-order valence-electron chi connectivity index (χ4n) is 3.18. The van der Waals surface area contributed by atoms with Crippen LogP contribution in [0.5, 0.6) is 0 Å². The molecule has 0 spiro atoms. The van der Waals surface area contributed by atoms with Crippen molar-refractivity contribution in [3.63, 3.8) is 0 Å². The van der Waals surface area contributed by atoms with Gasteiger partial charge in [-0.05, 0) is 38.7 Å². The van der Waals surface area contributed by atoms with E-state index in [9.17, 15) is 5.11 Å². The molecule has 1 N–H and O–H groups in total. The molecule has 2 atom stereocenters. The zero-order chi connectivity index (χ0) is 13.2. The number of nitrogens with zero attached hydrogens (tertiary/aromatic N) is 2. The minimum atomic E-state index is -0.525. The van der Waals surface area contributed by atoms with Crippen LogP contribution in [0.3, 0.4) is 0 Å². The molecule has 1 aromatic rings.